The molecule has 3 N–H and O–H groups in total. The van der Waals surface area contributed by atoms with Gasteiger partial charge in [0.2, 0.25) is 0 Å². The van der Waals surface area contributed by atoms with Gasteiger partial charge < -0.3 is 15.7 Å². The van der Waals surface area contributed by atoms with E-state index in [9.17, 15) is 14.4 Å². The van der Waals surface area contributed by atoms with E-state index in [0.717, 1.165) is 11.3 Å². The summed E-state index contributed by atoms with van der Waals surface area (Å²) in [4.78, 5) is 33.3. The highest BCUT2D eigenvalue weighted by molar-refractivity contribution is 7.12. The van der Waals surface area contributed by atoms with E-state index in [1.807, 2.05) is 0 Å². The highest BCUT2D eigenvalue weighted by Gasteiger charge is 2.13. The lowest BCUT2D eigenvalue weighted by Crippen LogP contribution is -2.30. The molecule has 1 rings (SSSR count). The molecule has 0 aliphatic rings. The largest absolute Gasteiger partial charge is 0.477 e. The summed E-state index contributed by atoms with van der Waals surface area (Å²) in [6.07, 6.45) is 0.719. The van der Waals surface area contributed by atoms with Gasteiger partial charge in [-0.1, -0.05) is 6.92 Å². The number of ketones is 1. The summed E-state index contributed by atoms with van der Waals surface area (Å²) in [6, 6.07) is 1.00. The zero-order valence-corrected chi connectivity index (χ0v) is 10.7. The average Bonchev–Trinajstić information content (AvgIpc) is 2.76. The number of hydrogen-bond acceptors (Lipinski definition) is 4. The number of anilines is 1. The molecule has 0 radical (unpaired) electrons. The molecule has 2 amide bonds. The van der Waals surface area contributed by atoms with Crippen LogP contribution in [0.3, 0.4) is 0 Å². The van der Waals surface area contributed by atoms with Crippen molar-refractivity contribution in [2.24, 2.45) is 0 Å². The van der Waals surface area contributed by atoms with Crippen LogP contribution in [0.25, 0.3) is 0 Å². The summed E-state index contributed by atoms with van der Waals surface area (Å²) in [5, 5.41) is 15.4. The number of carbonyl (C=O) groups is 3. The zero-order valence-electron chi connectivity index (χ0n) is 9.86. The normalized spacial score (nSPS) is 9.83. The number of Topliss-reactive ketones (excluding diaryl/α,β-unsaturated/α-hetero) is 1. The van der Waals surface area contributed by atoms with Gasteiger partial charge in [-0.05, 0) is 11.4 Å². The monoisotopic (exact) mass is 270 g/mol. The van der Waals surface area contributed by atoms with Gasteiger partial charge >= 0.3 is 12.0 Å². The number of nitrogens with one attached hydrogen (secondary N) is 2. The van der Waals surface area contributed by atoms with Gasteiger partial charge in [0.15, 0.2) is 0 Å². The van der Waals surface area contributed by atoms with E-state index in [1.54, 1.807) is 12.3 Å². The summed E-state index contributed by atoms with van der Waals surface area (Å²) in [5.74, 6) is -1.02. The Labute approximate surface area is 108 Å². The van der Waals surface area contributed by atoms with Crippen LogP contribution in [0.15, 0.2) is 11.4 Å². The predicted octanol–water partition coefficient (Wildman–Crippen LogP) is 1.94. The molecule has 0 aliphatic heterocycles. The van der Waals surface area contributed by atoms with Crippen molar-refractivity contribution in [2.45, 2.75) is 19.8 Å². The van der Waals surface area contributed by atoms with Crippen molar-refractivity contribution in [2.75, 3.05) is 11.9 Å². The van der Waals surface area contributed by atoms with Crippen molar-refractivity contribution in [3.05, 3.63) is 16.3 Å². The Morgan fingerprint density at radius 2 is 2.11 bits per heavy atom. The molecule has 0 spiro atoms. The number of carboxylic acid groups (broad SMARTS) is 1. The molecule has 0 saturated carbocycles. The second-order valence-electron chi connectivity index (χ2n) is 3.49. The number of aromatic carboxylic acids is 1. The van der Waals surface area contributed by atoms with Crippen LogP contribution < -0.4 is 10.6 Å². The van der Waals surface area contributed by atoms with Gasteiger partial charge in [-0.15, -0.1) is 11.3 Å². The first-order valence-electron chi connectivity index (χ1n) is 5.42. The molecule has 0 fully saturated rings. The smallest absolute Gasteiger partial charge is 0.348 e. The molecule has 1 aromatic rings. The fourth-order valence-corrected chi connectivity index (χ4v) is 1.92. The number of rotatable bonds is 6. The van der Waals surface area contributed by atoms with Crippen molar-refractivity contribution >= 4 is 34.8 Å². The second-order valence-corrected chi connectivity index (χ2v) is 4.41. The molecule has 0 unspecified atom stereocenters. The molecular formula is C11H14N2O4S. The van der Waals surface area contributed by atoms with Crippen molar-refractivity contribution in [3.63, 3.8) is 0 Å². The fourth-order valence-electron chi connectivity index (χ4n) is 1.23. The molecule has 0 atom stereocenters. The van der Waals surface area contributed by atoms with Gasteiger partial charge in [0.05, 0.1) is 5.69 Å². The number of hydrogen-bond donors (Lipinski definition) is 3. The van der Waals surface area contributed by atoms with E-state index in [0.29, 0.717) is 6.42 Å². The minimum absolute atomic E-state index is 0.0667. The highest BCUT2D eigenvalue weighted by atomic mass is 32.1. The van der Waals surface area contributed by atoms with Crippen LogP contribution in [0.1, 0.15) is 29.4 Å². The molecule has 18 heavy (non-hydrogen) atoms. The summed E-state index contributed by atoms with van der Waals surface area (Å²) in [6.45, 7) is 2.00. The lowest BCUT2D eigenvalue weighted by molar-refractivity contribution is -0.118. The van der Waals surface area contributed by atoms with Gasteiger partial charge in [0, 0.05) is 19.4 Å². The van der Waals surface area contributed by atoms with Crippen LogP contribution in [0.4, 0.5) is 10.5 Å². The first kappa shape index (κ1) is 14.2. The van der Waals surface area contributed by atoms with Crippen LogP contribution in [0, 0.1) is 0 Å². The van der Waals surface area contributed by atoms with E-state index < -0.39 is 12.0 Å². The van der Waals surface area contributed by atoms with Gasteiger partial charge in [0.25, 0.3) is 0 Å². The third-order valence-electron chi connectivity index (χ3n) is 2.19. The lowest BCUT2D eigenvalue weighted by Gasteiger charge is -2.06. The molecule has 1 aromatic heterocycles. The summed E-state index contributed by atoms with van der Waals surface area (Å²) < 4.78 is 0. The summed E-state index contributed by atoms with van der Waals surface area (Å²) in [7, 11) is 0. The van der Waals surface area contributed by atoms with Crippen LogP contribution in [-0.2, 0) is 4.79 Å². The fraction of sp³-hybridized carbons (Fsp3) is 0.364. The molecule has 6 nitrogen and oxygen atoms in total. The molecule has 0 saturated heterocycles. The van der Waals surface area contributed by atoms with Gasteiger partial charge in [-0.3, -0.25) is 4.79 Å². The number of urea groups is 1. The van der Waals surface area contributed by atoms with E-state index in [4.69, 9.17) is 5.11 Å². The first-order valence-corrected chi connectivity index (χ1v) is 6.30. The predicted molar refractivity (Wildman–Crippen MR) is 68.2 cm³/mol. The molecule has 1 heterocycles. The average molecular weight is 270 g/mol. The van der Waals surface area contributed by atoms with Crippen molar-refractivity contribution < 1.29 is 19.5 Å². The quantitative estimate of drug-likeness (QED) is 0.736. The van der Waals surface area contributed by atoms with E-state index >= 15 is 0 Å². The van der Waals surface area contributed by atoms with Crippen LogP contribution in [0.5, 0.6) is 0 Å². The lowest BCUT2D eigenvalue weighted by atomic mass is 10.2. The highest BCUT2D eigenvalue weighted by Crippen LogP contribution is 2.21. The maximum Gasteiger partial charge on any atom is 0.348 e. The van der Waals surface area contributed by atoms with Crippen LogP contribution in [-0.4, -0.2) is 29.4 Å². The Balaban J connectivity index is 2.42. The number of carbonyl (C=O) groups excluding carboxylic acids is 2. The van der Waals surface area contributed by atoms with E-state index in [2.05, 4.69) is 10.6 Å². The standard InChI is InChI=1S/C11H14N2O4S/c1-2-7(14)3-5-12-11(17)13-8-4-6-18-9(8)10(15)16/h4,6H,2-3,5H2,1H3,(H,15,16)(H2,12,13,17). The maximum absolute atomic E-state index is 11.4. The van der Waals surface area contributed by atoms with Gasteiger partial charge in [0.1, 0.15) is 10.7 Å². The van der Waals surface area contributed by atoms with Crippen molar-refractivity contribution in [1.29, 1.82) is 0 Å². The first-order chi connectivity index (χ1) is 8.54. The van der Waals surface area contributed by atoms with Gasteiger partial charge in [-0.2, -0.15) is 0 Å². The topological polar surface area (TPSA) is 95.5 Å². The second kappa shape index (κ2) is 6.75. The Kier molecular flexibility index (Phi) is 5.31. The molecule has 7 heteroatoms. The Hall–Kier alpha value is -1.89. The molecule has 98 valence electrons. The van der Waals surface area contributed by atoms with Crippen molar-refractivity contribution in [1.82, 2.24) is 5.32 Å². The zero-order chi connectivity index (χ0) is 13.5. The number of amides is 2. The van der Waals surface area contributed by atoms with Crippen LogP contribution in [0.2, 0.25) is 0 Å². The third kappa shape index (κ3) is 4.17. The number of thiophene rings is 1. The summed E-state index contributed by atoms with van der Waals surface area (Å²) >= 11 is 1.04. The molecule has 0 aliphatic carbocycles. The third-order valence-corrected chi connectivity index (χ3v) is 3.09. The minimum Gasteiger partial charge on any atom is -0.477 e. The SMILES string of the molecule is CCC(=O)CCNC(=O)Nc1ccsc1C(=O)O. The van der Waals surface area contributed by atoms with Crippen LogP contribution >= 0.6 is 11.3 Å². The van der Waals surface area contributed by atoms with E-state index in [1.165, 1.54) is 6.07 Å². The minimum atomic E-state index is -1.08. The molecule has 0 aromatic carbocycles. The summed E-state index contributed by atoms with van der Waals surface area (Å²) in [5.41, 5.74) is 0.256. The Morgan fingerprint density at radius 3 is 2.72 bits per heavy atom. The van der Waals surface area contributed by atoms with E-state index in [-0.39, 0.29) is 29.3 Å². The maximum atomic E-state index is 11.4. The molecule has 0 bridgehead atoms. The molecular weight excluding hydrogens is 256 g/mol. The van der Waals surface area contributed by atoms with Gasteiger partial charge in [-0.25, -0.2) is 9.59 Å². The number of carboxylic acids is 1. The van der Waals surface area contributed by atoms with Crippen molar-refractivity contribution in [3.8, 4) is 0 Å². The Bertz CT molecular complexity index is 456. The Morgan fingerprint density at radius 1 is 1.39 bits per heavy atom.